The second-order valence-corrected chi connectivity index (χ2v) is 2.00. The molecule has 50 valence electrons. The molecule has 0 fully saturated rings. The molecule has 0 aliphatic carbocycles. The Balaban J connectivity index is 3.25. The van der Waals surface area contributed by atoms with Gasteiger partial charge in [-0.25, -0.2) is 4.98 Å². The number of hydrogen-bond acceptors (Lipinski definition) is 3. The Labute approximate surface area is 59.1 Å². The first-order chi connectivity index (χ1) is 4.74. The van der Waals surface area contributed by atoms with E-state index in [1.165, 1.54) is 0 Å². The first kappa shape index (κ1) is 6.56. The molecule has 0 aliphatic heterocycles. The van der Waals surface area contributed by atoms with Gasteiger partial charge in [0.05, 0.1) is 5.69 Å². The third-order valence-electron chi connectivity index (χ3n) is 1.17. The van der Waals surface area contributed by atoms with Crippen LogP contribution >= 0.6 is 0 Å². The van der Waals surface area contributed by atoms with E-state index >= 15 is 0 Å². The molecule has 0 aliphatic rings. The van der Waals surface area contributed by atoms with E-state index in [0.717, 1.165) is 5.69 Å². The van der Waals surface area contributed by atoms with Crippen LogP contribution in [0.4, 0.5) is 5.69 Å². The normalized spacial score (nSPS) is 8.80. The largest absolute Gasteiger partial charge is 0.396 e. The van der Waals surface area contributed by atoms with Gasteiger partial charge in [0.25, 0.3) is 0 Å². The minimum absolute atomic E-state index is 0.306. The summed E-state index contributed by atoms with van der Waals surface area (Å²) in [6.07, 6.45) is 0. The monoisotopic (exact) mass is 133 g/mol. The van der Waals surface area contributed by atoms with Crippen LogP contribution in [0.15, 0.2) is 12.1 Å². The Kier molecular flexibility index (Phi) is 1.55. The number of anilines is 1. The van der Waals surface area contributed by atoms with Gasteiger partial charge in [-0.3, -0.25) is 0 Å². The molecule has 1 heterocycles. The highest BCUT2D eigenvalue weighted by atomic mass is 14.7. The molecule has 0 aromatic carbocycles. The lowest BCUT2D eigenvalue weighted by molar-refractivity contribution is 1.17. The van der Waals surface area contributed by atoms with E-state index in [1.54, 1.807) is 12.1 Å². The number of nitrogen functional groups attached to an aromatic ring is 1. The van der Waals surface area contributed by atoms with Crippen molar-refractivity contribution in [2.45, 2.75) is 6.92 Å². The van der Waals surface area contributed by atoms with Gasteiger partial charge in [0.1, 0.15) is 6.07 Å². The number of hydrogen-bond donors (Lipinski definition) is 1. The van der Waals surface area contributed by atoms with Gasteiger partial charge in [-0.15, -0.1) is 0 Å². The van der Waals surface area contributed by atoms with Crippen LogP contribution in [0.5, 0.6) is 0 Å². The Bertz CT molecular complexity index is 285. The van der Waals surface area contributed by atoms with Crippen LogP contribution in [0.1, 0.15) is 11.4 Å². The molecule has 0 atom stereocenters. The third kappa shape index (κ3) is 1.06. The first-order valence-corrected chi connectivity index (χ1v) is 2.87. The van der Waals surface area contributed by atoms with Gasteiger partial charge >= 0.3 is 0 Å². The zero-order valence-electron chi connectivity index (χ0n) is 5.63. The molecule has 0 spiro atoms. The molecule has 0 amide bonds. The summed E-state index contributed by atoms with van der Waals surface area (Å²) in [4.78, 5) is 3.91. The molecule has 0 unspecified atom stereocenters. The average Bonchev–Trinajstić information content (AvgIpc) is 1.94. The summed E-state index contributed by atoms with van der Waals surface area (Å²) in [5.41, 5.74) is 6.97. The molecule has 0 saturated carbocycles. The Hall–Kier alpha value is -1.56. The SMILES string of the molecule is Cc1ccc(N)c(C#N)n1. The summed E-state index contributed by atoms with van der Waals surface area (Å²) in [5.74, 6) is 0. The quantitative estimate of drug-likeness (QED) is 0.570. The average molecular weight is 133 g/mol. The first-order valence-electron chi connectivity index (χ1n) is 2.87. The molecule has 1 aromatic rings. The standard InChI is InChI=1S/C7H7N3/c1-5-2-3-6(9)7(4-8)10-5/h2-3H,9H2,1H3. The van der Waals surface area contributed by atoms with Gasteiger partial charge in [-0.05, 0) is 19.1 Å². The van der Waals surface area contributed by atoms with Gasteiger partial charge in [0.15, 0.2) is 5.69 Å². The zero-order chi connectivity index (χ0) is 7.56. The molecule has 2 N–H and O–H groups in total. The fraction of sp³-hybridized carbons (Fsp3) is 0.143. The minimum atomic E-state index is 0.306. The van der Waals surface area contributed by atoms with E-state index < -0.39 is 0 Å². The predicted octanol–water partition coefficient (Wildman–Crippen LogP) is 0.844. The molecular weight excluding hydrogens is 126 g/mol. The maximum atomic E-state index is 8.45. The van der Waals surface area contributed by atoms with Crippen LogP contribution in [0.2, 0.25) is 0 Å². The van der Waals surface area contributed by atoms with Crippen LogP contribution < -0.4 is 5.73 Å². The second kappa shape index (κ2) is 2.36. The molecule has 10 heavy (non-hydrogen) atoms. The van der Waals surface area contributed by atoms with Crippen molar-refractivity contribution in [1.29, 1.82) is 5.26 Å². The highest BCUT2D eigenvalue weighted by Gasteiger charge is 1.96. The zero-order valence-corrected chi connectivity index (χ0v) is 5.63. The van der Waals surface area contributed by atoms with Gasteiger partial charge in [0.2, 0.25) is 0 Å². The molecule has 1 rings (SSSR count). The van der Waals surface area contributed by atoms with Gasteiger partial charge in [-0.1, -0.05) is 0 Å². The Morgan fingerprint density at radius 2 is 2.30 bits per heavy atom. The number of nitrogens with zero attached hydrogens (tertiary/aromatic N) is 2. The van der Waals surface area contributed by atoms with E-state index in [0.29, 0.717) is 11.4 Å². The summed E-state index contributed by atoms with van der Waals surface area (Å²) in [5, 5.41) is 8.45. The van der Waals surface area contributed by atoms with Crippen molar-refractivity contribution in [2.24, 2.45) is 0 Å². The summed E-state index contributed by atoms with van der Waals surface area (Å²) < 4.78 is 0. The summed E-state index contributed by atoms with van der Waals surface area (Å²) >= 11 is 0. The minimum Gasteiger partial charge on any atom is -0.396 e. The summed E-state index contributed by atoms with van der Waals surface area (Å²) in [6.45, 7) is 1.82. The topological polar surface area (TPSA) is 62.7 Å². The summed E-state index contributed by atoms with van der Waals surface area (Å²) in [6, 6.07) is 5.36. The highest BCUT2D eigenvalue weighted by molar-refractivity contribution is 5.49. The van der Waals surface area contributed by atoms with Crippen LogP contribution in [-0.2, 0) is 0 Å². The Morgan fingerprint density at radius 1 is 1.60 bits per heavy atom. The van der Waals surface area contributed by atoms with E-state index in [9.17, 15) is 0 Å². The third-order valence-corrected chi connectivity index (χ3v) is 1.17. The van der Waals surface area contributed by atoms with Crippen LogP contribution in [-0.4, -0.2) is 4.98 Å². The smallest absolute Gasteiger partial charge is 0.163 e. The fourth-order valence-electron chi connectivity index (χ4n) is 0.657. The lowest BCUT2D eigenvalue weighted by Gasteiger charge is -1.95. The Morgan fingerprint density at radius 3 is 2.80 bits per heavy atom. The summed E-state index contributed by atoms with van der Waals surface area (Å²) in [7, 11) is 0. The van der Waals surface area contributed by atoms with Crippen molar-refractivity contribution in [3.63, 3.8) is 0 Å². The van der Waals surface area contributed by atoms with Crippen LogP contribution in [0.25, 0.3) is 0 Å². The van der Waals surface area contributed by atoms with Crippen molar-refractivity contribution in [1.82, 2.24) is 4.98 Å². The van der Waals surface area contributed by atoms with Crippen LogP contribution in [0, 0.1) is 18.3 Å². The van der Waals surface area contributed by atoms with Gasteiger partial charge < -0.3 is 5.73 Å². The molecule has 1 aromatic heterocycles. The van der Waals surface area contributed by atoms with E-state index in [4.69, 9.17) is 11.0 Å². The van der Waals surface area contributed by atoms with E-state index in [1.807, 2.05) is 13.0 Å². The van der Waals surface area contributed by atoms with Gasteiger partial charge in [-0.2, -0.15) is 5.26 Å². The van der Waals surface area contributed by atoms with Crippen molar-refractivity contribution in [2.75, 3.05) is 5.73 Å². The number of aromatic nitrogens is 1. The molecule has 0 saturated heterocycles. The molecule has 0 radical (unpaired) electrons. The maximum absolute atomic E-state index is 8.45. The van der Waals surface area contributed by atoms with Gasteiger partial charge in [0, 0.05) is 5.69 Å². The number of rotatable bonds is 0. The van der Waals surface area contributed by atoms with E-state index in [2.05, 4.69) is 4.98 Å². The van der Waals surface area contributed by atoms with Crippen molar-refractivity contribution < 1.29 is 0 Å². The number of pyridine rings is 1. The van der Waals surface area contributed by atoms with Crippen LogP contribution in [0.3, 0.4) is 0 Å². The molecular formula is C7H7N3. The number of aryl methyl sites for hydroxylation is 1. The van der Waals surface area contributed by atoms with Crippen molar-refractivity contribution >= 4 is 5.69 Å². The number of nitrogens with two attached hydrogens (primary N) is 1. The highest BCUT2D eigenvalue weighted by Crippen LogP contribution is 2.06. The lowest BCUT2D eigenvalue weighted by Crippen LogP contribution is -1.94. The molecule has 3 heteroatoms. The van der Waals surface area contributed by atoms with Crippen molar-refractivity contribution in [3.05, 3.63) is 23.5 Å². The predicted molar refractivity (Wildman–Crippen MR) is 38.1 cm³/mol. The maximum Gasteiger partial charge on any atom is 0.163 e. The lowest BCUT2D eigenvalue weighted by atomic mass is 10.3. The molecule has 0 bridgehead atoms. The second-order valence-electron chi connectivity index (χ2n) is 2.00. The fourth-order valence-corrected chi connectivity index (χ4v) is 0.657. The number of nitriles is 1. The van der Waals surface area contributed by atoms with Crippen molar-refractivity contribution in [3.8, 4) is 6.07 Å². The van der Waals surface area contributed by atoms with E-state index in [-0.39, 0.29) is 0 Å². The molecule has 3 nitrogen and oxygen atoms in total.